The molecule has 0 aromatic heterocycles. The molecule has 0 amide bonds. The Morgan fingerprint density at radius 2 is 1.57 bits per heavy atom. The number of carbonyl (C=O) groups excluding carboxylic acids is 1. The fourth-order valence-corrected chi connectivity index (χ4v) is 5.20. The molecule has 8 nitrogen and oxygen atoms in total. The molecule has 0 bridgehead atoms. The van der Waals surface area contributed by atoms with Crippen LogP contribution in [0, 0.1) is 0 Å². The van der Waals surface area contributed by atoms with Crippen LogP contribution in [0.2, 0.25) is 0 Å². The molecule has 1 heterocycles. The SMILES string of the molecule is CC(=O)c1cccc(NS(=O)(=O)c2ccc(S(=O)(=O)N3CCOCC3)cc2)c1. The Labute approximate surface area is 164 Å². The van der Waals surface area contributed by atoms with Crippen LogP contribution in [0.25, 0.3) is 0 Å². The van der Waals surface area contributed by atoms with Gasteiger partial charge in [-0.15, -0.1) is 0 Å². The van der Waals surface area contributed by atoms with Crippen molar-refractivity contribution >= 4 is 31.5 Å². The quantitative estimate of drug-likeness (QED) is 0.707. The Hall–Kier alpha value is -2.27. The molecule has 2 aromatic carbocycles. The summed E-state index contributed by atoms with van der Waals surface area (Å²) in [5.41, 5.74) is 0.630. The molecule has 0 unspecified atom stereocenters. The molecule has 0 aliphatic carbocycles. The lowest BCUT2D eigenvalue weighted by molar-refractivity contribution is 0.0730. The van der Waals surface area contributed by atoms with Gasteiger partial charge in [0.05, 0.1) is 23.0 Å². The smallest absolute Gasteiger partial charge is 0.261 e. The Kier molecular flexibility index (Phi) is 5.84. The van der Waals surface area contributed by atoms with Crippen molar-refractivity contribution in [2.24, 2.45) is 0 Å². The van der Waals surface area contributed by atoms with E-state index >= 15 is 0 Å². The number of sulfonamides is 2. The first-order valence-corrected chi connectivity index (χ1v) is 11.4. The number of carbonyl (C=O) groups is 1. The van der Waals surface area contributed by atoms with Crippen molar-refractivity contribution in [1.29, 1.82) is 0 Å². The van der Waals surface area contributed by atoms with Crippen molar-refractivity contribution in [3.63, 3.8) is 0 Å². The molecular formula is C18H20N2O6S2. The van der Waals surface area contributed by atoms with Crippen LogP contribution in [-0.2, 0) is 24.8 Å². The van der Waals surface area contributed by atoms with Crippen molar-refractivity contribution in [2.45, 2.75) is 16.7 Å². The Morgan fingerprint density at radius 3 is 2.18 bits per heavy atom. The standard InChI is InChI=1S/C18H20N2O6S2/c1-14(21)15-3-2-4-16(13-15)19-27(22,23)17-5-7-18(8-6-17)28(24,25)20-9-11-26-12-10-20/h2-8,13,19H,9-12H2,1H3. The first-order valence-electron chi connectivity index (χ1n) is 8.52. The fraction of sp³-hybridized carbons (Fsp3) is 0.278. The zero-order valence-electron chi connectivity index (χ0n) is 15.2. The van der Waals surface area contributed by atoms with E-state index in [9.17, 15) is 21.6 Å². The van der Waals surface area contributed by atoms with Gasteiger partial charge in [0.2, 0.25) is 10.0 Å². The maximum atomic E-state index is 12.6. The van der Waals surface area contributed by atoms with Crippen molar-refractivity contribution in [3.8, 4) is 0 Å². The molecule has 2 aromatic rings. The van der Waals surface area contributed by atoms with Gasteiger partial charge in [-0.05, 0) is 43.3 Å². The number of hydrogen-bond acceptors (Lipinski definition) is 6. The Balaban J connectivity index is 1.82. The predicted molar refractivity (Wildman–Crippen MR) is 103 cm³/mol. The van der Waals surface area contributed by atoms with E-state index in [1.165, 1.54) is 47.6 Å². The third-order valence-corrected chi connectivity index (χ3v) is 7.57. The van der Waals surface area contributed by atoms with Gasteiger partial charge in [0.25, 0.3) is 10.0 Å². The molecule has 1 saturated heterocycles. The van der Waals surface area contributed by atoms with Crippen LogP contribution in [0.4, 0.5) is 5.69 Å². The Morgan fingerprint density at radius 1 is 0.964 bits per heavy atom. The van der Waals surface area contributed by atoms with Gasteiger partial charge in [0.1, 0.15) is 0 Å². The molecule has 0 radical (unpaired) electrons. The molecule has 0 spiro atoms. The summed E-state index contributed by atoms with van der Waals surface area (Å²) in [6, 6.07) is 11.2. The van der Waals surface area contributed by atoms with Crippen molar-refractivity contribution < 1.29 is 26.4 Å². The summed E-state index contributed by atoms with van der Waals surface area (Å²) in [6.07, 6.45) is 0. The number of ether oxygens (including phenoxy) is 1. The van der Waals surface area contributed by atoms with Gasteiger partial charge in [-0.1, -0.05) is 12.1 Å². The molecule has 1 fully saturated rings. The second-order valence-corrected chi connectivity index (χ2v) is 9.85. The van der Waals surface area contributed by atoms with E-state index in [1.807, 2.05) is 0 Å². The number of ketones is 1. The third-order valence-electron chi connectivity index (χ3n) is 4.26. The molecule has 150 valence electrons. The lowest BCUT2D eigenvalue weighted by Gasteiger charge is -2.26. The first-order chi connectivity index (χ1) is 13.2. The lowest BCUT2D eigenvalue weighted by atomic mass is 10.1. The molecular weight excluding hydrogens is 404 g/mol. The minimum Gasteiger partial charge on any atom is -0.379 e. The number of hydrogen-bond donors (Lipinski definition) is 1. The van der Waals surface area contributed by atoms with Crippen LogP contribution in [-0.4, -0.2) is 53.2 Å². The fourth-order valence-electron chi connectivity index (χ4n) is 2.74. The van der Waals surface area contributed by atoms with E-state index in [2.05, 4.69) is 4.72 Å². The summed E-state index contributed by atoms with van der Waals surface area (Å²) in [4.78, 5) is 11.4. The molecule has 1 N–H and O–H groups in total. The van der Waals surface area contributed by atoms with Crippen molar-refractivity contribution in [2.75, 3.05) is 31.0 Å². The number of anilines is 1. The number of rotatable bonds is 6. The topological polar surface area (TPSA) is 110 Å². The summed E-state index contributed by atoms with van der Waals surface area (Å²) in [7, 11) is -7.63. The van der Waals surface area contributed by atoms with Gasteiger partial charge in [-0.3, -0.25) is 9.52 Å². The highest BCUT2D eigenvalue weighted by Crippen LogP contribution is 2.21. The van der Waals surface area contributed by atoms with Gasteiger partial charge >= 0.3 is 0 Å². The maximum absolute atomic E-state index is 12.6. The number of morpholine rings is 1. The Bertz CT molecular complexity index is 1070. The average Bonchev–Trinajstić information content (AvgIpc) is 2.68. The van der Waals surface area contributed by atoms with E-state index in [0.29, 0.717) is 18.8 Å². The van der Waals surface area contributed by atoms with E-state index in [0.717, 1.165) is 0 Å². The van der Waals surface area contributed by atoms with Gasteiger partial charge in [0.15, 0.2) is 5.78 Å². The van der Waals surface area contributed by atoms with E-state index in [4.69, 9.17) is 4.74 Å². The van der Waals surface area contributed by atoms with Crippen LogP contribution in [0.15, 0.2) is 58.3 Å². The van der Waals surface area contributed by atoms with Gasteiger partial charge in [0, 0.05) is 24.3 Å². The van der Waals surface area contributed by atoms with Crippen LogP contribution in [0.5, 0.6) is 0 Å². The average molecular weight is 425 g/mol. The lowest BCUT2D eigenvalue weighted by Crippen LogP contribution is -2.40. The maximum Gasteiger partial charge on any atom is 0.261 e. The van der Waals surface area contributed by atoms with Crippen LogP contribution in [0.3, 0.4) is 0 Å². The molecule has 0 atom stereocenters. The molecule has 1 aliphatic rings. The molecule has 3 rings (SSSR count). The highest BCUT2D eigenvalue weighted by Gasteiger charge is 2.26. The summed E-state index contributed by atoms with van der Waals surface area (Å²) in [5.74, 6) is -0.182. The monoisotopic (exact) mass is 424 g/mol. The number of Topliss-reactive ketones (excluding diaryl/α,β-unsaturated/α-hetero) is 1. The summed E-state index contributed by atoms with van der Waals surface area (Å²) < 4.78 is 59.2. The zero-order valence-corrected chi connectivity index (χ0v) is 16.8. The van der Waals surface area contributed by atoms with E-state index in [1.54, 1.807) is 12.1 Å². The van der Waals surface area contributed by atoms with Crippen LogP contribution in [0.1, 0.15) is 17.3 Å². The summed E-state index contributed by atoms with van der Waals surface area (Å²) in [5, 5.41) is 0. The van der Waals surface area contributed by atoms with Crippen LogP contribution < -0.4 is 4.72 Å². The second kappa shape index (κ2) is 8.00. The number of nitrogens with one attached hydrogen (secondary N) is 1. The largest absolute Gasteiger partial charge is 0.379 e. The molecule has 10 heteroatoms. The molecule has 1 aliphatic heterocycles. The minimum absolute atomic E-state index is 0.0203. The first kappa shape index (κ1) is 20.5. The highest BCUT2D eigenvalue weighted by atomic mass is 32.2. The van der Waals surface area contributed by atoms with Crippen molar-refractivity contribution in [1.82, 2.24) is 4.31 Å². The zero-order chi connectivity index (χ0) is 20.4. The molecule has 0 saturated carbocycles. The summed E-state index contributed by atoms with van der Waals surface area (Å²) in [6.45, 7) is 2.57. The van der Waals surface area contributed by atoms with Gasteiger partial charge < -0.3 is 4.74 Å². The predicted octanol–water partition coefficient (Wildman–Crippen LogP) is 1.71. The second-order valence-electron chi connectivity index (χ2n) is 6.23. The van der Waals surface area contributed by atoms with Gasteiger partial charge in [-0.25, -0.2) is 16.8 Å². The number of nitrogens with zero attached hydrogens (tertiary/aromatic N) is 1. The minimum atomic E-state index is -3.93. The van der Waals surface area contributed by atoms with Crippen LogP contribution >= 0.6 is 0 Å². The van der Waals surface area contributed by atoms with E-state index < -0.39 is 20.0 Å². The highest BCUT2D eigenvalue weighted by molar-refractivity contribution is 7.92. The molecule has 28 heavy (non-hydrogen) atoms. The van der Waals surface area contributed by atoms with Crippen molar-refractivity contribution in [3.05, 3.63) is 54.1 Å². The normalized spacial score (nSPS) is 15.9. The summed E-state index contributed by atoms with van der Waals surface area (Å²) >= 11 is 0. The third kappa shape index (κ3) is 4.41. The van der Waals surface area contributed by atoms with E-state index in [-0.39, 0.29) is 34.4 Å². The number of benzene rings is 2. The van der Waals surface area contributed by atoms with Gasteiger partial charge in [-0.2, -0.15) is 4.31 Å².